The summed E-state index contributed by atoms with van der Waals surface area (Å²) in [5, 5.41) is 10.9. The number of aliphatic hydroxyl groups excluding tert-OH is 1. The van der Waals surface area contributed by atoms with E-state index in [1.54, 1.807) is 7.11 Å². The SMILES string of the molecule is COc1ccc(CO[C@H]2[C@@H](OCc3ccccc3)[C@@H]3OC(c4ccccc4)OC[C@H]3O[C@H]2O)cc1. The molecule has 2 aliphatic rings. The number of hydrogen-bond donors (Lipinski definition) is 1. The fraction of sp³-hybridized carbons (Fsp3) is 0.357. The lowest BCUT2D eigenvalue weighted by Crippen LogP contribution is -2.63. The van der Waals surface area contributed by atoms with Gasteiger partial charge in [-0.3, -0.25) is 0 Å². The minimum atomic E-state index is -1.18. The normalized spacial score (nSPS) is 28.3. The topological polar surface area (TPSA) is 75.6 Å². The van der Waals surface area contributed by atoms with Gasteiger partial charge in [-0.2, -0.15) is 0 Å². The predicted molar refractivity (Wildman–Crippen MR) is 127 cm³/mol. The molecule has 35 heavy (non-hydrogen) atoms. The van der Waals surface area contributed by atoms with Gasteiger partial charge in [0.1, 0.15) is 30.2 Å². The Morgan fingerprint density at radius 1 is 0.771 bits per heavy atom. The smallest absolute Gasteiger partial charge is 0.184 e. The first kappa shape index (κ1) is 23.9. The molecule has 5 rings (SSSR count). The molecule has 0 bridgehead atoms. The molecular formula is C28H30O7. The zero-order valence-electron chi connectivity index (χ0n) is 19.6. The Hall–Kier alpha value is -2.78. The average molecular weight is 479 g/mol. The van der Waals surface area contributed by atoms with Gasteiger partial charge in [0.15, 0.2) is 12.6 Å². The highest BCUT2D eigenvalue weighted by atomic mass is 16.7. The molecule has 2 fully saturated rings. The van der Waals surface area contributed by atoms with Crippen LogP contribution in [0.1, 0.15) is 23.0 Å². The van der Waals surface area contributed by atoms with E-state index in [1.807, 2.05) is 84.9 Å². The first-order valence-corrected chi connectivity index (χ1v) is 11.8. The predicted octanol–water partition coefficient (Wildman–Crippen LogP) is 4.00. The molecule has 7 nitrogen and oxygen atoms in total. The summed E-state index contributed by atoms with van der Waals surface area (Å²) in [5.41, 5.74) is 2.87. The Morgan fingerprint density at radius 2 is 1.40 bits per heavy atom. The Balaban J connectivity index is 1.35. The van der Waals surface area contributed by atoms with E-state index in [4.69, 9.17) is 28.4 Å². The molecule has 2 heterocycles. The van der Waals surface area contributed by atoms with E-state index in [-0.39, 0.29) is 13.2 Å². The zero-order chi connectivity index (χ0) is 24.0. The summed E-state index contributed by atoms with van der Waals surface area (Å²) >= 11 is 0. The van der Waals surface area contributed by atoms with Crippen LogP contribution in [-0.2, 0) is 36.9 Å². The van der Waals surface area contributed by atoms with Crippen molar-refractivity contribution in [1.29, 1.82) is 0 Å². The van der Waals surface area contributed by atoms with Gasteiger partial charge in [0, 0.05) is 5.56 Å². The van der Waals surface area contributed by atoms with Crippen LogP contribution in [0.5, 0.6) is 5.75 Å². The second-order valence-electron chi connectivity index (χ2n) is 8.63. The number of aliphatic hydroxyl groups is 1. The minimum Gasteiger partial charge on any atom is -0.497 e. The van der Waals surface area contributed by atoms with Gasteiger partial charge in [-0.05, 0) is 23.3 Å². The Labute approximate surface area is 205 Å². The van der Waals surface area contributed by atoms with Crippen molar-refractivity contribution in [3.05, 3.63) is 102 Å². The lowest BCUT2D eigenvalue weighted by atomic mass is 9.97. The van der Waals surface area contributed by atoms with Crippen molar-refractivity contribution in [3.63, 3.8) is 0 Å². The van der Waals surface area contributed by atoms with Crippen molar-refractivity contribution >= 4 is 0 Å². The van der Waals surface area contributed by atoms with Crippen LogP contribution in [0.25, 0.3) is 0 Å². The van der Waals surface area contributed by atoms with Crippen molar-refractivity contribution < 1.29 is 33.5 Å². The van der Waals surface area contributed by atoms with Crippen LogP contribution >= 0.6 is 0 Å². The van der Waals surface area contributed by atoms with Gasteiger partial charge in [-0.25, -0.2) is 0 Å². The fourth-order valence-electron chi connectivity index (χ4n) is 4.39. The lowest BCUT2D eigenvalue weighted by molar-refractivity contribution is -0.366. The second kappa shape index (κ2) is 11.3. The van der Waals surface area contributed by atoms with Crippen molar-refractivity contribution in [1.82, 2.24) is 0 Å². The molecule has 0 amide bonds. The van der Waals surface area contributed by atoms with Gasteiger partial charge in [0.2, 0.25) is 0 Å². The van der Waals surface area contributed by atoms with Gasteiger partial charge in [-0.15, -0.1) is 0 Å². The molecule has 2 saturated heterocycles. The van der Waals surface area contributed by atoms with Crippen LogP contribution < -0.4 is 4.74 Å². The van der Waals surface area contributed by atoms with E-state index in [0.717, 1.165) is 22.4 Å². The van der Waals surface area contributed by atoms with Gasteiger partial charge >= 0.3 is 0 Å². The first-order chi connectivity index (χ1) is 17.2. The molecule has 6 atom stereocenters. The third-order valence-electron chi connectivity index (χ3n) is 6.26. The average Bonchev–Trinajstić information content (AvgIpc) is 2.92. The third kappa shape index (κ3) is 5.73. The zero-order valence-corrected chi connectivity index (χ0v) is 19.6. The van der Waals surface area contributed by atoms with E-state index in [0.29, 0.717) is 6.61 Å². The van der Waals surface area contributed by atoms with E-state index in [9.17, 15) is 5.11 Å². The number of rotatable bonds is 8. The van der Waals surface area contributed by atoms with Crippen LogP contribution in [0, 0.1) is 0 Å². The maximum Gasteiger partial charge on any atom is 0.184 e. The molecule has 2 aliphatic heterocycles. The summed E-state index contributed by atoms with van der Waals surface area (Å²) in [7, 11) is 1.63. The molecule has 0 aliphatic carbocycles. The van der Waals surface area contributed by atoms with Gasteiger partial charge in [0.25, 0.3) is 0 Å². The quantitative estimate of drug-likeness (QED) is 0.525. The number of ether oxygens (including phenoxy) is 6. The fourth-order valence-corrected chi connectivity index (χ4v) is 4.39. The number of hydrogen-bond acceptors (Lipinski definition) is 7. The summed E-state index contributed by atoms with van der Waals surface area (Å²) in [4.78, 5) is 0. The molecule has 0 saturated carbocycles. The number of methoxy groups -OCH3 is 1. The number of benzene rings is 3. The van der Waals surface area contributed by atoms with Crippen molar-refractivity contribution in [3.8, 4) is 5.75 Å². The van der Waals surface area contributed by atoms with Crippen molar-refractivity contribution in [2.45, 2.75) is 50.2 Å². The van der Waals surface area contributed by atoms with Gasteiger partial charge in [0.05, 0.1) is 26.9 Å². The molecule has 3 aromatic carbocycles. The minimum absolute atomic E-state index is 0.274. The van der Waals surface area contributed by atoms with Crippen LogP contribution in [0.4, 0.5) is 0 Å². The lowest BCUT2D eigenvalue weighted by Gasteiger charge is -2.47. The molecule has 184 valence electrons. The molecule has 7 heteroatoms. The summed E-state index contributed by atoms with van der Waals surface area (Å²) in [5.74, 6) is 0.768. The van der Waals surface area contributed by atoms with Crippen LogP contribution in [0.15, 0.2) is 84.9 Å². The molecular weight excluding hydrogens is 448 g/mol. The van der Waals surface area contributed by atoms with Crippen molar-refractivity contribution in [2.24, 2.45) is 0 Å². The summed E-state index contributed by atoms with van der Waals surface area (Å²) < 4.78 is 35.9. The van der Waals surface area contributed by atoms with E-state index >= 15 is 0 Å². The second-order valence-corrected chi connectivity index (χ2v) is 8.63. The molecule has 0 aromatic heterocycles. The monoisotopic (exact) mass is 478 g/mol. The molecule has 1 N–H and O–H groups in total. The first-order valence-electron chi connectivity index (χ1n) is 11.8. The third-order valence-corrected chi connectivity index (χ3v) is 6.26. The van der Waals surface area contributed by atoms with Crippen molar-refractivity contribution in [2.75, 3.05) is 13.7 Å². The Morgan fingerprint density at radius 3 is 2.09 bits per heavy atom. The Kier molecular flexibility index (Phi) is 7.73. The highest BCUT2D eigenvalue weighted by Crippen LogP contribution is 2.36. The van der Waals surface area contributed by atoms with Crippen LogP contribution in [-0.4, -0.2) is 49.5 Å². The molecule has 1 unspecified atom stereocenters. The Bertz CT molecular complexity index is 1040. The standard InChI is InChI=1S/C28H30O7/c1-30-22-14-12-20(13-15-22)17-32-26-25(31-16-19-8-4-2-5-9-19)24-23(34-27(26)29)18-33-28(35-24)21-10-6-3-7-11-21/h2-15,23-29H,16-18H2,1H3/t23-,24-,25+,26+,27-,28?/m1/s1. The van der Waals surface area contributed by atoms with Crippen LogP contribution in [0.2, 0.25) is 0 Å². The van der Waals surface area contributed by atoms with E-state index in [1.165, 1.54) is 0 Å². The van der Waals surface area contributed by atoms with Gasteiger partial charge < -0.3 is 33.5 Å². The van der Waals surface area contributed by atoms with Crippen LogP contribution in [0.3, 0.4) is 0 Å². The molecule has 0 radical (unpaired) electrons. The molecule has 0 spiro atoms. The van der Waals surface area contributed by atoms with E-state index < -0.39 is 37.0 Å². The summed E-state index contributed by atoms with van der Waals surface area (Å²) in [6.45, 7) is 0.901. The number of fused-ring (bicyclic) bond motifs is 1. The summed E-state index contributed by atoms with van der Waals surface area (Å²) in [6, 6.07) is 27.2. The maximum atomic E-state index is 10.9. The van der Waals surface area contributed by atoms with Gasteiger partial charge in [-0.1, -0.05) is 72.8 Å². The highest BCUT2D eigenvalue weighted by molar-refractivity contribution is 5.26. The maximum absolute atomic E-state index is 10.9. The highest BCUT2D eigenvalue weighted by Gasteiger charge is 2.51. The van der Waals surface area contributed by atoms with E-state index in [2.05, 4.69) is 0 Å². The molecule has 3 aromatic rings. The largest absolute Gasteiger partial charge is 0.497 e. The summed E-state index contributed by atoms with van der Waals surface area (Å²) in [6.07, 6.45) is -4.03.